The van der Waals surface area contributed by atoms with Crippen molar-refractivity contribution in [2.75, 3.05) is 7.11 Å². The van der Waals surface area contributed by atoms with Crippen molar-refractivity contribution in [2.24, 2.45) is 0 Å². The minimum absolute atomic E-state index is 0.367. The summed E-state index contributed by atoms with van der Waals surface area (Å²) in [4.78, 5) is 0.667. The molecule has 0 aromatic heterocycles. The third kappa shape index (κ3) is 5.72. The molecule has 150 valence electrons. The molecule has 0 unspecified atom stereocenters. The Balaban J connectivity index is 1.63. The molecule has 0 saturated carbocycles. The van der Waals surface area contributed by atoms with Crippen molar-refractivity contribution in [2.45, 2.75) is 26.5 Å². The van der Waals surface area contributed by atoms with E-state index in [0.29, 0.717) is 34.7 Å². The zero-order chi connectivity index (χ0) is 20.6. The van der Waals surface area contributed by atoms with Gasteiger partial charge in [0.05, 0.1) is 7.11 Å². The highest BCUT2D eigenvalue weighted by molar-refractivity contribution is 7.80. The van der Waals surface area contributed by atoms with Gasteiger partial charge >= 0.3 is 0 Å². The molecule has 0 spiro atoms. The minimum Gasteiger partial charge on any atom is -0.493 e. The van der Waals surface area contributed by atoms with E-state index in [2.05, 4.69) is 36.5 Å². The molecule has 29 heavy (non-hydrogen) atoms. The second kappa shape index (κ2) is 10.3. The summed E-state index contributed by atoms with van der Waals surface area (Å²) in [6, 6.07) is 21.9. The molecule has 3 rings (SSSR count). The molecule has 0 aliphatic rings. The van der Waals surface area contributed by atoms with Crippen LogP contribution in [-0.2, 0) is 19.6 Å². The highest BCUT2D eigenvalue weighted by Crippen LogP contribution is 2.29. The lowest BCUT2D eigenvalue weighted by molar-refractivity contribution is 0.284. The van der Waals surface area contributed by atoms with E-state index in [0.717, 1.165) is 17.5 Å². The van der Waals surface area contributed by atoms with Gasteiger partial charge in [0.25, 0.3) is 0 Å². The second-order valence-electron chi connectivity index (χ2n) is 6.60. The molecule has 5 heteroatoms. The number of nitrogens with one attached hydrogen (secondary N) is 1. The Hall–Kier alpha value is -2.56. The first kappa shape index (κ1) is 21.2. The number of halogens is 1. The first-order valence-electron chi connectivity index (χ1n) is 9.51. The Morgan fingerprint density at radius 3 is 2.38 bits per heavy atom. The summed E-state index contributed by atoms with van der Waals surface area (Å²) in [6.45, 7) is 3.19. The zero-order valence-corrected chi connectivity index (χ0v) is 18.1. The van der Waals surface area contributed by atoms with Crippen molar-refractivity contribution in [3.05, 3.63) is 94.0 Å². The number of hydrogen-bond acceptors (Lipinski definition) is 3. The van der Waals surface area contributed by atoms with E-state index < -0.39 is 0 Å². The van der Waals surface area contributed by atoms with Crippen LogP contribution in [-0.4, -0.2) is 12.1 Å². The van der Waals surface area contributed by atoms with Gasteiger partial charge in [0.1, 0.15) is 11.6 Å². The minimum atomic E-state index is 0.367. The number of aryl methyl sites for hydroxylation is 1. The smallest absolute Gasteiger partial charge is 0.161 e. The third-order valence-corrected chi connectivity index (χ3v) is 5.40. The molecular weight excluding hydrogens is 402 g/mol. The number of rotatable bonds is 8. The number of ether oxygens (including phenoxy) is 2. The van der Waals surface area contributed by atoms with Crippen LogP contribution < -0.4 is 14.8 Å². The molecule has 0 bridgehead atoms. The Morgan fingerprint density at radius 2 is 1.69 bits per heavy atom. The van der Waals surface area contributed by atoms with Crippen LogP contribution in [0.25, 0.3) is 0 Å². The summed E-state index contributed by atoms with van der Waals surface area (Å²) in [7, 11) is 1.62. The predicted molar refractivity (Wildman–Crippen MR) is 123 cm³/mol. The summed E-state index contributed by atoms with van der Waals surface area (Å²) >= 11 is 11.7. The topological polar surface area (TPSA) is 30.5 Å². The SMILES string of the molecule is CCc1ccc(CNC(=S)c2ccc(OCc3ccccc3Cl)c(OC)c2)cc1. The highest BCUT2D eigenvalue weighted by Gasteiger charge is 2.10. The van der Waals surface area contributed by atoms with Crippen LogP contribution in [0.3, 0.4) is 0 Å². The third-order valence-electron chi connectivity index (χ3n) is 4.65. The number of methoxy groups -OCH3 is 1. The molecular formula is C24H24ClNO2S. The van der Waals surface area contributed by atoms with Gasteiger partial charge in [-0.2, -0.15) is 0 Å². The predicted octanol–water partition coefficient (Wildman–Crippen LogP) is 5.96. The standard InChI is InChI=1S/C24H24ClNO2S/c1-3-17-8-10-18(11-9-17)15-26-24(29)19-12-13-22(23(14-19)27-2)28-16-20-6-4-5-7-21(20)25/h4-14H,3,15-16H2,1-2H3,(H,26,29). The largest absolute Gasteiger partial charge is 0.493 e. The van der Waals surface area contributed by atoms with Gasteiger partial charge in [-0.3, -0.25) is 0 Å². The van der Waals surface area contributed by atoms with Gasteiger partial charge < -0.3 is 14.8 Å². The van der Waals surface area contributed by atoms with Crippen LogP contribution in [0.2, 0.25) is 5.02 Å². The summed E-state index contributed by atoms with van der Waals surface area (Å²) in [5.74, 6) is 1.28. The quantitative estimate of drug-likeness (QED) is 0.451. The Bertz CT molecular complexity index is 973. The maximum atomic E-state index is 6.20. The Kier molecular flexibility index (Phi) is 7.50. The second-order valence-corrected chi connectivity index (χ2v) is 7.41. The molecule has 0 amide bonds. The lowest BCUT2D eigenvalue weighted by Crippen LogP contribution is -2.21. The van der Waals surface area contributed by atoms with Gasteiger partial charge in [-0.15, -0.1) is 0 Å². The molecule has 0 fully saturated rings. The fraction of sp³-hybridized carbons (Fsp3) is 0.208. The van der Waals surface area contributed by atoms with E-state index in [9.17, 15) is 0 Å². The fourth-order valence-electron chi connectivity index (χ4n) is 2.88. The Morgan fingerprint density at radius 1 is 0.966 bits per heavy atom. The molecule has 3 nitrogen and oxygen atoms in total. The lowest BCUT2D eigenvalue weighted by atomic mass is 10.1. The van der Waals surface area contributed by atoms with Crippen LogP contribution in [0.15, 0.2) is 66.7 Å². The van der Waals surface area contributed by atoms with Gasteiger partial charge in [-0.05, 0) is 41.8 Å². The van der Waals surface area contributed by atoms with E-state index in [1.165, 1.54) is 11.1 Å². The zero-order valence-electron chi connectivity index (χ0n) is 16.6. The summed E-state index contributed by atoms with van der Waals surface area (Å²) in [6.07, 6.45) is 1.04. The van der Waals surface area contributed by atoms with Crippen molar-refractivity contribution in [1.82, 2.24) is 5.32 Å². The molecule has 0 radical (unpaired) electrons. The van der Waals surface area contributed by atoms with E-state index in [1.54, 1.807) is 7.11 Å². The van der Waals surface area contributed by atoms with Crippen molar-refractivity contribution in [3.8, 4) is 11.5 Å². The van der Waals surface area contributed by atoms with E-state index in [4.69, 9.17) is 33.3 Å². The molecule has 0 aliphatic heterocycles. The van der Waals surface area contributed by atoms with Crippen LogP contribution in [0.5, 0.6) is 11.5 Å². The number of hydrogen-bond donors (Lipinski definition) is 1. The van der Waals surface area contributed by atoms with E-state index in [1.807, 2.05) is 42.5 Å². The fourth-order valence-corrected chi connectivity index (χ4v) is 3.27. The van der Waals surface area contributed by atoms with Gasteiger partial charge in [0, 0.05) is 22.7 Å². The summed E-state index contributed by atoms with van der Waals surface area (Å²) < 4.78 is 11.4. The van der Waals surface area contributed by atoms with Crippen LogP contribution in [0, 0.1) is 0 Å². The lowest BCUT2D eigenvalue weighted by Gasteiger charge is -2.14. The van der Waals surface area contributed by atoms with Gasteiger partial charge in [-0.1, -0.05) is 73.2 Å². The van der Waals surface area contributed by atoms with Crippen molar-refractivity contribution in [1.29, 1.82) is 0 Å². The molecule has 0 atom stereocenters. The van der Waals surface area contributed by atoms with Crippen LogP contribution in [0.4, 0.5) is 0 Å². The average molecular weight is 426 g/mol. The summed E-state index contributed by atoms with van der Waals surface area (Å²) in [5.41, 5.74) is 4.32. The first-order chi connectivity index (χ1) is 14.1. The molecule has 0 saturated heterocycles. The molecule has 3 aromatic rings. The van der Waals surface area contributed by atoms with E-state index >= 15 is 0 Å². The first-order valence-corrected chi connectivity index (χ1v) is 10.3. The molecule has 0 heterocycles. The average Bonchev–Trinajstić information content (AvgIpc) is 2.77. The Labute approximate surface area is 182 Å². The van der Waals surface area contributed by atoms with Crippen LogP contribution in [0.1, 0.15) is 29.2 Å². The van der Waals surface area contributed by atoms with Gasteiger partial charge in [0.15, 0.2) is 11.5 Å². The number of benzene rings is 3. The normalized spacial score (nSPS) is 10.4. The summed E-state index contributed by atoms with van der Waals surface area (Å²) in [5, 5.41) is 3.99. The van der Waals surface area contributed by atoms with Crippen LogP contribution >= 0.6 is 23.8 Å². The monoisotopic (exact) mass is 425 g/mol. The van der Waals surface area contributed by atoms with Gasteiger partial charge in [0.2, 0.25) is 0 Å². The van der Waals surface area contributed by atoms with Gasteiger partial charge in [-0.25, -0.2) is 0 Å². The van der Waals surface area contributed by atoms with E-state index in [-0.39, 0.29) is 0 Å². The van der Waals surface area contributed by atoms with Crippen molar-refractivity contribution < 1.29 is 9.47 Å². The maximum absolute atomic E-state index is 6.20. The maximum Gasteiger partial charge on any atom is 0.161 e. The molecule has 1 N–H and O–H groups in total. The van der Waals surface area contributed by atoms with Crippen molar-refractivity contribution >= 4 is 28.8 Å². The van der Waals surface area contributed by atoms with Crippen molar-refractivity contribution in [3.63, 3.8) is 0 Å². The molecule has 3 aromatic carbocycles. The molecule has 0 aliphatic carbocycles. The number of thiocarbonyl (C=S) groups is 1. The highest BCUT2D eigenvalue weighted by atomic mass is 35.5.